The lowest BCUT2D eigenvalue weighted by molar-refractivity contribution is 0.0215. The van der Waals surface area contributed by atoms with Crippen LogP contribution in [-0.4, -0.2) is 44.8 Å². The van der Waals surface area contributed by atoms with E-state index in [1.54, 1.807) is 12.1 Å². The zero-order chi connectivity index (χ0) is 22.4. The van der Waals surface area contributed by atoms with E-state index in [0.717, 1.165) is 17.1 Å². The van der Waals surface area contributed by atoms with Gasteiger partial charge in [-0.1, -0.05) is 16.8 Å². The van der Waals surface area contributed by atoms with Crippen LogP contribution >= 0.6 is 11.6 Å². The van der Waals surface area contributed by atoms with Crippen molar-refractivity contribution in [3.05, 3.63) is 57.9 Å². The average molecular weight is 455 g/mol. The molecule has 4 aromatic rings. The van der Waals surface area contributed by atoms with Gasteiger partial charge in [0.05, 0.1) is 30.2 Å². The van der Waals surface area contributed by atoms with Gasteiger partial charge in [-0.3, -0.25) is 0 Å². The molecule has 0 saturated carbocycles. The van der Waals surface area contributed by atoms with Crippen LogP contribution in [-0.2, 0) is 4.74 Å². The summed E-state index contributed by atoms with van der Waals surface area (Å²) >= 11 is 5.96. The van der Waals surface area contributed by atoms with Crippen LogP contribution in [0.2, 0.25) is 5.02 Å². The lowest BCUT2D eigenvalue weighted by atomic mass is 10.1. The molecule has 10 heteroatoms. The zero-order valence-corrected chi connectivity index (χ0v) is 18.5. The minimum absolute atomic E-state index is 0.288. The van der Waals surface area contributed by atoms with Crippen LogP contribution in [0.1, 0.15) is 28.9 Å². The largest absolute Gasteiger partial charge is 0.366 e. The summed E-state index contributed by atoms with van der Waals surface area (Å²) in [7, 11) is 0. The average Bonchev–Trinajstić information content (AvgIpc) is 3.21. The molecule has 4 heterocycles. The fourth-order valence-corrected chi connectivity index (χ4v) is 3.81. The Kier molecular flexibility index (Phi) is 5.22. The highest BCUT2D eigenvalue weighted by atomic mass is 35.5. The molecule has 3 aromatic heterocycles. The van der Waals surface area contributed by atoms with Crippen molar-refractivity contribution in [2.75, 3.05) is 24.6 Å². The van der Waals surface area contributed by atoms with Gasteiger partial charge in [0.2, 0.25) is 5.95 Å². The molecule has 8 nitrogen and oxygen atoms in total. The minimum Gasteiger partial charge on any atom is -0.366 e. The van der Waals surface area contributed by atoms with Gasteiger partial charge < -0.3 is 14.2 Å². The molecule has 1 atom stereocenters. The molecule has 1 aliphatic rings. The summed E-state index contributed by atoms with van der Waals surface area (Å²) < 4.78 is 26.1. The van der Waals surface area contributed by atoms with E-state index in [0.29, 0.717) is 53.3 Å². The summed E-state index contributed by atoms with van der Waals surface area (Å²) in [5.41, 5.74) is 3.77. The van der Waals surface area contributed by atoms with Gasteiger partial charge in [0.25, 0.3) is 0 Å². The third-order valence-corrected chi connectivity index (χ3v) is 5.66. The minimum atomic E-state index is -0.486. The number of halogens is 2. The van der Waals surface area contributed by atoms with Gasteiger partial charge in [-0.05, 0) is 39.0 Å². The molecular formula is C22H20ClFN6O2. The first-order chi connectivity index (χ1) is 15.4. The number of morpholine rings is 1. The maximum Gasteiger partial charge on any atom is 0.228 e. The molecule has 0 bridgehead atoms. The van der Waals surface area contributed by atoms with Crippen LogP contribution in [0.5, 0.6) is 0 Å². The molecule has 0 unspecified atom stereocenters. The van der Waals surface area contributed by atoms with E-state index >= 15 is 0 Å². The summed E-state index contributed by atoms with van der Waals surface area (Å²) in [6, 6.07) is 6.33. The van der Waals surface area contributed by atoms with Crippen LogP contribution in [0.25, 0.3) is 22.4 Å². The van der Waals surface area contributed by atoms with Crippen molar-refractivity contribution in [3.8, 4) is 11.3 Å². The maximum atomic E-state index is 14.9. The molecule has 1 aliphatic heterocycles. The summed E-state index contributed by atoms with van der Waals surface area (Å²) in [5, 5.41) is 4.25. The van der Waals surface area contributed by atoms with Crippen molar-refractivity contribution in [3.63, 3.8) is 0 Å². The molecule has 1 saturated heterocycles. The quantitative estimate of drug-likeness (QED) is 0.450. The third kappa shape index (κ3) is 3.78. The molecule has 0 aliphatic carbocycles. The number of nitrogens with zero attached hydrogens (tertiary/aromatic N) is 6. The molecule has 32 heavy (non-hydrogen) atoms. The van der Waals surface area contributed by atoms with Gasteiger partial charge in [-0.2, -0.15) is 4.98 Å². The lowest BCUT2D eigenvalue weighted by Gasteiger charge is -2.32. The van der Waals surface area contributed by atoms with Gasteiger partial charge in [0.1, 0.15) is 23.1 Å². The van der Waals surface area contributed by atoms with Crippen molar-refractivity contribution in [2.45, 2.75) is 26.9 Å². The second-order valence-electron chi connectivity index (χ2n) is 7.74. The molecule has 1 fully saturated rings. The second kappa shape index (κ2) is 8.07. The van der Waals surface area contributed by atoms with Crippen LogP contribution in [0.15, 0.2) is 28.8 Å². The Morgan fingerprint density at radius 3 is 2.62 bits per heavy atom. The molecule has 164 valence electrons. The van der Waals surface area contributed by atoms with E-state index in [1.807, 2.05) is 31.7 Å². The Morgan fingerprint density at radius 1 is 1.06 bits per heavy atom. The predicted molar refractivity (Wildman–Crippen MR) is 117 cm³/mol. The van der Waals surface area contributed by atoms with Gasteiger partial charge in [-0.25, -0.2) is 19.3 Å². The number of anilines is 1. The van der Waals surface area contributed by atoms with E-state index < -0.39 is 5.82 Å². The first-order valence-electron chi connectivity index (χ1n) is 10.2. The zero-order valence-electron chi connectivity index (χ0n) is 17.8. The van der Waals surface area contributed by atoms with Gasteiger partial charge in [0, 0.05) is 23.2 Å². The van der Waals surface area contributed by atoms with E-state index in [4.69, 9.17) is 25.8 Å². The Labute approximate surface area is 188 Å². The van der Waals surface area contributed by atoms with Crippen molar-refractivity contribution in [1.29, 1.82) is 0 Å². The highest BCUT2D eigenvalue weighted by Crippen LogP contribution is 2.32. The predicted octanol–water partition coefficient (Wildman–Crippen LogP) is 4.37. The smallest absolute Gasteiger partial charge is 0.228 e. The number of hydrogen-bond donors (Lipinski definition) is 0. The van der Waals surface area contributed by atoms with Crippen molar-refractivity contribution < 1.29 is 13.7 Å². The fraction of sp³-hybridized carbons (Fsp3) is 0.318. The molecule has 0 spiro atoms. The van der Waals surface area contributed by atoms with Crippen molar-refractivity contribution >= 4 is 28.7 Å². The number of fused-ring (bicyclic) bond motifs is 1. The molecule has 1 aromatic carbocycles. The number of aryl methyl sites for hydroxylation is 3. The van der Waals surface area contributed by atoms with Gasteiger partial charge >= 0.3 is 0 Å². The Hall–Kier alpha value is -3.17. The Bertz CT molecular complexity index is 1330. The van der Waals surface area contributed by atoms with E-state index in [9.17, 15) is 4.39 Å². The van der Waals surface area contributed by atoms with Gasteiger partial charge in [0.15, 0.2) is 11.4 Å². The fourth-order valence-electron chi connectivity index (χ4n) is 3.65. The number of benzene rings is 1. The normalized spacial score (nSPS) is 16.7. The summed E-state index contributed by atoms with van der Waals surface area (Å²) in [6.45, 7) is 7.05. The molecular weight excluding hydrogens is 435 g/mol. The second-order valence-corrected chi connectivity index (χ2v) is 8.18. The first-order valence-corrected chi connectivity index (χ1v) is 10.5. The standard InChI is InChI=1S/C22H20ClFN6O2/c1-11-8-17(32-29-11)18-10-30(6-7-31-18)22-27-19(15-5-4-14(23)9-16(15)24)20-21(28-22)26-13(3)12(2)25-20/h4-5,8-9,18H,6-7,10H2,1-3H3/t18-/m0/s1. The number of hydrogen-bond acceptors (Lipinski definition) is 8. The van der Waals surface area contributed by atoms with Crippen LogP contribution in [0.4, 0.5) is 10.3 Å². The van der Waals surface area contributed by atoms with Crippen LogP contribution in [0.3, 0.4) is 0 Å². The van der Waals surface area contributed by atoms with Crippen molar-refractivity contribution in [1.82, 2.24) is 25.1 Å². The molecule has 0 amide bonds. The number of aromatic nitrogens is 5. The molecule has 5 rings (SSSR count). The molecule has 0 radical (unpaired) electrons. The van der Waals surface area contributed by atoms with Crippen molar-refractivity contribution in [2.24, 2.45) is 0 Å². The summed E-state index contributed by atoms with van der Waals surface area (Å²) in [5.74, 6) is 0.577. The first kappa shape index (κ1) is 20.7. The summed E-state index contributed by atoms with van der Waals surface area (Å²) in [4.78, 5) is 20.6. The topological polar surface area (TPSA) is 90.1 Å². The third-order valence-electron chi connectivity index (χ3n) is 5.43. The van der Waals surface area contributed by atoms with E-state index in [-0.39, 0.29) is 11.7 Å². The maximum absolute atomic E-state index is 14.9. The van der Waals surface area contributed by atoms with Crippen LogP contribution in [0, 0.1) is 26.6 Å². The number of rotatable bonds is 3. The van der Waals surface area contributed by atoms with E-state index in [1.165, 1.54) is 6.07 Å². The number of ether oxygens (including phenoxy) is 1. The highest BCUT2D eigenvalue weighted by Gasteiger charge is 2.28. The van der Waals surface area contributed by atoms with Gasteiger partial charge in [-0.15, -0.1) is 0 Å². The SMILES string of the molecule is Cc1cc([C@@H]2CN(c3nc(-c4ccc(Cl)cc4F)c4nc(C)c(C)nc4n3)CCO2)on1. The van der Waals surface area contributed by atoms with E-state index in [2.05, 4.69) is 20.1 Å². The Morgan fingerprint density at radius 2 is 1.88 bits per heavy atom. The lowest BCUT2D eigenvalue weighted by Crippen LogP contribution is -2.39. The van der Waals surface area contributed by atoms with Crippen LogP contribution < -0.4 is 4.90 Å². The summed E-state index contributed by atoms with van der Waals surface area (Å²) in [6.07, 6.45) is -0.314. The monoisotopic (exact) mass is 454 g/mol. The molecule has 0 N–H and O–H groups in total. The highest BCUT2D eigenvalue weighted by molar-refractivity contribution is 6.30. The Balaban J connectivity index is 1.62.